The van der Waals surface area contributed by atoms with Crippen LogP contribution in [0.2, 0.25) is 0 Å². The van der Waals surface area contributed by atoms with Crippen LogP contribution >= 0.6 is 11.3 Å². The highest BCUT2D eigenvalue weighted by atomic mass is 32.1. The molecule has 0 bridgehead atoms. The average Bonchev–Trinajstić information content (AvgIpc) is 3.15. The van der Waals surface area contributed by atoms with Gasteiger partial charge in [0, 0.05) is 23.1 Å². The van der Waals surface area contributed by atoms with Gasteiger partial charge >= 0.3 is 0 Å². The largest absolute Gasteiger partial charge is 0.487 e. The summed E-state index contributed by atoms with van der Waals surface area (Å²) in [4.78, 5) is 25.9. The molecule has 7 heteroatoms. The van der Waals surface area contributed by atoms with E-state index in [1.165, 1.54) is 35.1 Å². The summed E-state index contributed by atoms with van der Waals surface area (Å²) in [5.74, 6) is 0.299. The van der Waals surface area contributed by atoms with Gasteiger partial charge in [-0.3, -0.25) is 14.9 Å². The van der Waals surface area contributed by atoms with E-state index in [-0.39, 0.29) is 17.9 Å². The molecule has 0 spiro atoms. The van der Waals surface area contributed by atoms with E-state index in [1.807, 2.05) is 17.5 Å². The van der Waals surface area contributed by atoms with E-state index in [2.05, 4.69) is 24.0 Å². The van der Waals surface area contributed by atoms with Crippen molar-refractivity contribution in [3.8, 4) is 16.3 Å². The third kappa shape index (κ3) is 3.94. The van der Waals surface area contributed by atoms with Crippen LogP contribution in [-0.4, -0.2) is 16.2 Å². The van der Waals surface area contributed by atoms with Gasteiger partial charge in [0.1, 0.15) is 17.4 Å². The number of aldehydes is 1. The monoisotopic (exact) mass is 368 g/mol. The van der Waals surface area contributed by atoms with Crippen molar-refractivity contribution in [1.82, 2.24) is 4.98 Å². The second-order valence-electron chi connectivity index (χ2n) is 5.58. The number of rotatable bonds is 7. The fourth-order valence-corrected chi connectivity index (χ4v) is 3.22. The van der Waals surface area contributed by atoms with Gasteiger partial charge in [-0.25, -0.2) is 4.98 Å². The first-order chi connectivity index (χ1) is 12.6. The van der Waals surface area contributed by atoms with Crippen LogP contribution in [0.3, 0.4) is 0 Å². The second-order valence-corrected chi connectivity index (χ2v) is 6.44. The first-order valence-electron chi connectivity index (χ1n) is 8.01. The van der Waals surface area contributed by atoms with Crippen LogP contribution in [-0.2, 0) is 13.0 Å². The molecule has 0 saturated heterocycles. The van der Waals surface area contributed by atoms with E-state index in [0.29, 0.717) is 12.0 Å². The molecule has 0 aliphatic rings. The fourth-order valence-electron chi connectivity index (χ4n) is 2.41. The molecule has 0 amide bonds. The number of carbonyl (C=O) groups excluding carboxylic acids is 1. The summed E-state index contributed by atoms with van der Waals surface area (Å²) in [6, 6.07) is 12.2. The highest BCUT2D eigenvalue weighted by Gasteiger charge is 2.12. The lowest BCUT2D eigenvalue weighted by atomic mass is 10.1. The molecule has 0 aliphatic heterocycles. The minimum atomic E-state index is -0.548. The number of nitro groups is 1. The highest BCUT2D eigenvalue weighted by molar-refractivity contribution is 7.13. The zero-order valence-corrected chi connectivity index (χ0v) is 14.9. The van der Waals surface area contributed by atoms with Crippen LogP contribution in [0.15, 0.2) is 47.8 Å². The summed E-state index contributed by atoms with van der Waals surface area (Å²) in [5.41, 5.74) is 3.05. The van der Waals surface area contributed by atoms with Crippen molar-refractivity contribution in [3.05, 3.63) is 74.8 Å². The number of carbonyl (C=O) groups is 1. The lowest BCUT2D eigenvalue weighted by Crippen LogP contribution is -1.99. The van der Waals surface area contributed by atoms with Crippen molar-refractivity contribution < 1.29 is 14.5 Å². The van der Waals surface area contributed by atoms with Crippen molar-refractivity contribution in [2.24, 2.45) is 0 Å². The Morgan fingerprint density at radius 3 is 2.65 bits per heavy atom. The molecule has 6 nitrogen and oxygen atoms in total. The molecule has 0 atom stereocenters. The minimum Gasteiger partial charge on any atom is -0.487 e. The number of hydrogen-bond donors (Lipinski definition) is 0. The molecule has 3 rings (SSSR count). The van der Waals surface area contributed by atoms with Gasteiger partial charge in [0.15, 0.2) is 6.29 Å². The Bertz CT molecular complexity index is 935. The predicted molar refractivity (Wildman–Crippen MR) is 99.7 cm³/mol. The van der Waals surface area contributed by atoms with Gasteiger partial charge in [-0.15, -0.1) is 11.3 Å². The molecule has 1 aromatic heterocycles. The summed E-state index contributed by atoms with van der Waals surface area (Å²) >= 11 is 1.52. The van der Waals surface area contributed by atoms with Crippen molar-refractivity contribution >= 4 is 23.3 Å². The van der Waals surface area contributed by atoms with Crippen molar-refractivity contribution in [1.29, 1.82) is 0 Å². The van der Waals surface area contributed by atoms with Gasteiger partial charge in [-0.05, 0) is 18.1 Å². The lowest BCUT2D eigenvalue weighted by molar-refractivity contribution is -0.384. The zero-order chi connectivity index (χ0) is 18.5. The third-order valence-corrected chi connectivity index (χ3v) is 4.81. The quantitative estimate of drug-likeness (QED) is 0.344. The maximum Gasteiger partial charge on any atom is 0.270 e. The number of aromatic nitrogens is 1. The van der Waals surface area contributed by atoms with Crippen molar-refractivity contribution in [3.63, 3.8) is 0 Å². The molecule has 1 heterocycles. The Balaban J connectivity index is 1.71. The Morgan fingerprint density at radius 2 is 2.00 bits per heavy atom. The molecule has 0 saturated carbocycles. The average molecular weight is 368 g/mol. The van der Waals surface area contributed by atoms with Crippen LogP contribution in [0, 0.1) is 10.1 Å². The first-order valence-corrected chi connectivity index (χ1v) is 8.88. The number of hydrogen-bond acceptors (Lipinski definition) is 6. The predicted octanol–water partition coefficient (Wildman–Crippen LogP) is 4.67. The van der Waals surface area contributed by atoms with Crippen molar-refractivity contribution in [2.45, 2.75) is 20.0 Å². The molecule has 3 aromatic rings. The Kier molecular flexibility index (Phi) is 5.38. The summed E-state index contributed by atoms with van der Waals surface area (Å²) in [6.07, 6.45) is 1.54. The number of nitro benzene ring substituents is 1. The molecule has 132 valence electrons. The maximum absolute atomic E-state index is 11.1. The zero-order valence-electron chi connectivity index (χ0n) is 14.0. The van der Waals surface area contributed by atoms with Gasteiger partial charge in [0.25, 0.3) is 5.69 Å². The number of non-ortho nitro benzene ring substituents is 1. The van der Waals surface area contributed by atoms with Crippen molar-refractivity contribution in [2.75, 3.05) is 0 Å². The number of ether oxygens (including phenoxy) is 1. The molecule has 0 N–H and O–H groups in total. The molecule has 0 radical (unpaired) electrons. The molecular weight excluding hydrogens is 352 g/mol. The number of benzene rings is 2. The van der Waals surface area contributed by atoms with E-state index < -0.39 is 4.92 Å². The Hall–Kier alpha value is -3.06. The number of thiazole rings is 1. The number of aryl methyl sites for hydroxylation is 1. The van der Waals surface area contributed by atoms with Crippen LogP contribution in [0.1, 0.15) is 28.5 Å². The first kappa shape index (κ1) is 17.8. The molecule has 26 heavy (non-hydrogen) atoms. The molecule has 2 aromatic carbocycles. The third-order valence-electron chi connectivity index (χ3n) is 3.87. The molecule has 0 aliphatic carbocycles. The van der Waals surface area contributed by atoms with Gasteiger partial charge in [-0.1, -0.05) is 31.2 Å². The summed E-state index contributed by atoms with van der Waals surface area (Å²) < 4.78 is 5.62. The smallest absolute Gasteiger partial charge is 0.270 e. The second kappa shape index (κ2) is 7.88. The maximum atomic E-state index is 11.1. The van der Waals surface area contributed by atoms with Gasteiger partial charge in [0.05, 0.1) is 16.2 Å². The Labute approximate surface area is 154 Å². The Morgan fingerprint density at radius 1 is 1.23 bits per heavy atom. The topological polar surface area (TPSA) is 82.3 Å². The molecule has 0 unspecified atom stereocenters. The van der Waals surface area contributed by atoms with E-state index in [0.717, 1.165) is 22.7 Å². The highest BCUT2D eigenvalue weighted by Crippen LogP contribution is 2.26. The van der Waals surface area contributed by atoms with E-state index >= 15 is 0 Å². The standard InChI is InChI=1S/C19H16N2O4S/c1-2-13-3-5-14(6-4-13)19-20-16(12-26-19)11-25-18-8-7-17(21(23)24)9-15(18)10-22/h3-10,12H,2,11H2,1H3. The van der Waals surface area contributed by atoms with Crippen LogP contribution in [0.4, 0.5) is 5.69 Å². The van der Waals surface area contributed by atoms with E-state index in [4.69, 9.17) is 4.74 Å². The fraction of sp³-hybridized carbons (Fsp3) is 0.158. The van der Waals surface area contributed by atoms with Gasteiger partial charge in [-0.2, -0.15) is 0 Å². The lowest BCUT2D eigenvalue weighted by Gasteiger charge is -2.06. The van der Waals surface area contributed by atoms with E-state index in [9.17, 15) is 14.9 Å². The van der Waals surface area contributed by atoms with E-state index in [1.54, 1.807) is 0 Å². The molecule has 0 fully saturated rings. The minimum absolute atomic E-state index is 0.143. The van der Waals surface area contributed by atoms with Gasteiger partial charge < -0.3 is 4.74 Å². The van der Waals surface area contributed by atoms with Crippen LogP contribution in [0.5, 0.6) is 5.75 Å². The number of nitrogens with zero attached hydrogens (tertiary/aromatic N) is 2. The van der Waals surface area contributed by atoms with Crippen LogP contribution < -0.4 is 4.74 Å². The summed E-state index contributed by atoms with van der Waals surface area (Å²) in [5, 5.41) is 13.6. The summed E-state index contributed by atoms with van der Waals surface area (Å²) in [7, 11) is 0. The summed E-state index contributed by atoms with van der Waals surface area (Å²) in [6.45, 7) is 2.29. The van der Waals surface area contributed by atoms with Crippen LogP contribution in [0.25, 0.3) is 10.6 Å². The molecular formula is C19H16N2O4S. The SMILES string of the molecule is CCc1ccc(-c2nc(COc3ccc([N+](=O)[O-])cc3C=O)cs2)cc1. The normalized spacial score (nSPS) is 10.5. The van der Waals surface area contributed by atoms with Gasteiger partial charge in [0.2, 0.25) is 0 Å².